The number of nitrogens with two attached hydrogens (primary N) is 1. The summed E-state index contributed by atoms with van der Waals surface area (Å²) >= 11 is 5.86. The van der Waals surface area contributed by atoms with Crippen LogP contribution in [0, 0.1) is 17.7 Å². The van der Waals surface area contributed by atoms with Crippen molar-refractivity contribution in [3.05, 3.63) is 53.2 Å². The van der Waals surface area contributed by atoms with Gasteiger partial charge in [-0.2, -0.15) is 0 Å². The number of hydrogen-bond donors (Lipinski definition) is 3. The summed E-state index contributed by atoms with van der Waals surface area (Å²) in [6.07, 6.45) is 5.31. The van der Waals surface area contributed by atoms with Crippen LogP contribution in [0.25, 0.3) is 22.0 Å². The second kappa shape index (κ2) is 7.53. The van der Waals surface area contributed by atoms with Crippen molar-refractivity contribution in [3.8, 4) is 16.9 Å². The highest BCUT2D eigenvalue weighted by atomic mass is 35.5. The highest BCUT2D eigenvalue weighted by Gasteiger charge is 2.20. The van der Waals surface area contributed by atoms with Crippen molar-refractivity contribution in [2.45, 2.75) is 37.8 Å². The van der Waals surface area contributed by atoms with E-state index in [4.69, 9.17) is 17.3 Å². The minimum Gasteiger partial charge on any atom is -0.504 e. The van der Waals surface area contributed by atoms with Gasteiger partial charge in [0, 0.05) is 41.4 Å². The highest BCUT2D eigenvalue weighted by molar-refractivity contribution is 6.32. The topological polar surface area (TPSA) is 71.2 Å². The van der Waals surface area contributed by atoms with Gasteiger partial charge in [-0.3, -0.25) is 4.98 Å². The Morgan fingerprint density at radius 2 is 1.86 bits per heavy atom. The Hall–Kier alpha value is -2.44. The lowest BCUT2D eigenvalue weighted by Crippen LogP contribution is -2.32. The van der Waals surface area contributed by atoms with Gasteiger partial charge in [0.25, 0.3) is 0 Å². The van der Waals surface area contributed by atoms with Crippen LogP contribution in [0.15, 0.2) is 30.5 Å². The van der Waals surface area contributed by atoms with Gasteiger partial charge in [-0.15, -0.1) is 0 Å². The number of nitrogens with one attached hydrogen (secondary N) is 1. The number of phenols is 1. The molecule has 1 aromatic heterocycles. The molecular formula is C21H19ClF2N3O. The second-order valence-electron chi connectivity index (χ2n) is 7.17. The van der Waals surface area contributed by atoms with E-state index >= 15 is 0 Å². The Morgan fingerprint density at radius 1 is 1.11 bits per heavy atom. The van der Waals surface area contributed by atoms with Crippen LogP contribution in [-0.2, 0) is 0 Å². The Balaban J connectivity index is 1.76. The Bertz CT molecular complexity index is 1010. The zero-order valence-electron chi connectivity index (χ0n) is 15.0. The van der Waals surface area contributed by atoms with Gasteiger partial charge >= 0.3 is 0 Å². The molecule has 0 aliphatic heterocycles. The van der Waals surface area contributed by atoms with Crippen LogP contribution < -0.4 is 11.1 Å². The van der Waals surface area contributed by atoms with Crippen molar-refractivity contribution in [3.63, 3.8) is 0 Å². The maximum Gasteiger partial charge on any atom is 0.170 e. The van der Waals surface area contributed by atoms with E-state index in [0.29, 0.717) is 10.9 Å². The molecule has 1 saturated carbocycles. The Kier molecular flexibility index (Phi) is 5.08. The standard InChI is InChI=1S/C21H19ClF2N3O/c22-16-7-11(8-18(24)21(16)28)14-9-15-19(5-6-26-20(15)10-17(14)23)27-13-3-1-12(25)2-4-13/h6-10,12-13,28H,1-4,25H2,(H,26,27)/t12-,13-. The van der Waals surface area contributed by atoms with E-state index in [1.54, 1.807) is 6.07 Å². The van der Waals surface area contributed by atoms with Gasteiger partial charge in [-0.05, 0) is 49.4 Å². The van der Waals surface area contributed by atoms with Gasteiger partial charge in [0.2, 0.25) is 0 Å². The van der Waals surface area contributed by atoms with Gasteiger partial charge in [0.05, 0.1) is 16.2 Å². The molecule has 3 aromatic rings. The first-order valence-corrected chi connectivity index (χ1v) is 9.50. The first-order valence-electron chi connectivity index (χ1n) is 9.13. The van der Waals surface area contributed by atoms with Gasteiger partial charge in [-0.1, -0.05) is 11.6 Å². The Labute approximate surface area is 166 Å². The fourth-order valence-corrected chi connectivity index (χ4v) is 3.85. The van der Waals surface area contributed by atoms with Crippen molar-refractivity contribution < 1.29 is 13.9 Å². The monoisotopic (exact) mass is 402 g/mol. The molecule has 7 heteroatoms. The van der Waals surface area contributed by atoms with Crippen LogP contribution in [0.3, 0.4) is 0 Å². The molecule has 0 spiro atoms. The molecule has 0 unspecified atom stereocenters. The molecule has 0 bridgehead atoms. The number of hydrogen-bond acceptors (Lipinski definition) is 4. The average molecular weight is 403 g/mol. The molecule has 1 aliphatic carbocycles. The molecule has 1 aliphatic rings. The smallest absolute Gasteiger partial charge is 0.170 e. The summed E-state index contributed by atoms with van der Waals surface area (Å²) in [6, 6.07) is 8.88. The van der Waals surface area contributed by atoms with Crippen LogP contribution in [0.2, 0.25) is 5.02 Å². The van der Waals surface area contributed by atoms with E-state index in [-0.39, 0.29) is 28.2 Å². The lowest BCUT2D eigenvalue weighted by molar-refractivity contribution is 0.411. The molecule has 1 heterocycles. The molecule has 4 N–H and O–H groups in total. The summed E-state index contributed by atoms with van der Waals surface area (Å²) in [6.45, 7) is 0. The van der Waals surface area contributed by atoms with E-state index in [1.807, 2.05) is 0 Å². The number of benzene rings is 2. The van der Waals surface area contributed by atoms with E-state index in [0.717, 1.165) is 37.4 Å². The SMILES string of the molecule is N[C@H]1CC[C@H](Nc2[c]cnc3cc(F)c(-c4cc(F)c(O)c(Cl)c4)cc23)CC1. The fraction of sp³-hybridized carbons (Fsp3) is 0.286. The third-order valence-corrected chi connectivity index (χ3v) is 5.50. The molecule has 4 nitrogen and oxygen atoms in total. The van der Waals surface area contributed by atoms with Crippen LogP contribution in [0.5, 0.6) is 5.75 Å². The van der Waals surface area contributed by atoms with Crippen LogP contribution in [-0.4, -0.2) is 22.2 Å². The van der Waals surface area contributed by atoms with Crippen LogP contribution in [0.1, 0.15) is 25.7 Å². The van der Waals surface area contributed by atoms with Crippen molar-refractivity contribution in [2.24, 2.45) is 5.73 Å². The largest absolute Gasteiger partial charge is 0.504 e. The first kappa shape index (κ1) is 18.9. The summed E-state index contributed by atoms with van der Waals surface area (Å²) in [7, 11) is 0. The minimum atomic E-state index is -0.906. The zero-order chi connectivity index (χ0) is 19.8. The number of anilines is 1. The second-order valence-corrected chi connectivity index (χ2v) is 7.58. The number of aromatic nitrogens is 1. The molecular weight excluding hydrogens is 384 g/mol. The molecule has 1 radical (unpaired) electrons. The predicted octanol–water partition coefficient (Wildman–Crippen LogP) is 5.02. The molecule has 0 amide bonds. The van der Waals surface area contributed by atoms with Crippen molar-refractivity contribution in [1.82, 2.24) is 4.98 Å². The van der Waals surface area contributed by atoms with Gasteiger partial charge in [0.15, 0.2) is 11.6 Å². The number of nitrogens with zero attached hydrogens (tertiary/aromatic N) is 1. The summed E-state index contributed by atoms with van der Waals surface area (Å²) in [5.41, 5.74) is 7.57. The van der Waals surface area contributed by atoms with Crippen molar-refractivity contribution in [1.29, 1.82) is 0 Å². The van der Waals surface area contributed by atoms with E-state index < -0.39 is 17.4 Å². The molecule has 2 aromatic carbocycles. The lowest BCUT2D eigenvalue weighted by Gasteiger charge is -2.28. The van der Waals surface area contributed by atoms with E-state index in [2.05, 4.69) is 16.4 Å². The molecule has 145 valence electrons. The summed E-state index contributed by atoms with van der Waals surface area (Å²) in [4.78, 5) is 4.20. The molecule has 1 fully saturated rings. The van der Waals surface area contributed by atoms with Crippen LogP contribution in [0.4, 0.5) is 14.5 Å². The number of phenolic OH excluding ortho intramolecular Hbond substituents is 1. The average Bonchev–Trinajstić information content (AvgIpc) is 2.67. The number of pyridine rings is 1. The number of aromatic hydroxyl groups is 1. The summed E-state index contributed by atoms with van der Waals surface area (Å²) in [5, 5.41) is 13.5. The highest BCUT2D eigenvalue weighted by Crippen LogP contribution is 2.36. The number of fused-ring (bicyclic) bond motifs is 1. The van der Waals surface area contributed by atoms with Crippen molar-refractivity contribution >= 4 is 28.2 Å². The van der Waals surface area contributed by atoms with E-state index in [9.17, 15) is 13.9 Å². The maximum atomic E-state index is 14.7. The third kappa shape index (κ3) is 3.62. The fourth-order valence-electron chi connectivity index (χ4n) is 3.64. The third-order valence-electron chi connectivity index (χ3n) is 5.22. The normalized spacial score (nSPS) is 19.7. The minimum absolute atomic E-state index is 0.170. The van der Waals surface area contributed by atoms with E-state index in [1.165, 1.54) is 18.3 Å². The number of rotatable bonds is 3. The first-order chi connectivity index (χ1) is 13.4. The molecule has 0 saturated heterocycles. The summed E-state index contributed by atoms with van der Waals surface area (Å²) < 4.78 is 28.6. The van der Waals surface area contributed by atoms with Crippen molar-refractivity contribution in [2.75, 3.05) is 5.32 Å². The van der Waals surface area contributed by atoms with Gasteiger partial charge in [-0.25, -0.2) is 8.78 Å². The maximum absolute atomic E-state index is 14.7. The number of halogens is 3. The summed E-state index contributed by atoms with van der Waals surface area (Å²) in [5.74, 6) is -2.11. The molecule has 28 heavy (non-hydrogen) atoms. The quantitative estimate of drug-likeness (QED) is 0.575. The predicted molar refractivity (Wildman–Crippen MR) is 106 cm³/mol. The Morgan fingerprint density at radius 3 is 2.57 bits per heavy atom. The molecule has 0 atom stereocenters. The van der Waals surface area contributed by atoms with Crippen LogP contribution >= 0.6 is 11.6 Å². The molecule has 4 rings (SSSR count). The van der Waals surface area contributed by atoms with Gasteiger partial charge in [0.1, 0.15) is 5.82 Å². The zero-order valence-corrected chi connectivity index (χ0v) is 15.7. The lowest BCUT2D eigenvalue weighted by atomic mass is 9.91. The van der Waals surface area contributed by atoms with Gasteiger partial charge < -0.3 is 16.2 Å².